The number of benzene rings is 1. The first-order valence-corrected chi connectivity index (χ1v) is 11.9. The monoisotopic (exact) mass is 466 g/mol. The van der Waals surface area contributed by atoms with E-state index in [0.717, 1.165) is 53.3 Å². The van der Waals surface area contributed by atoms with E-state index in [9.17, 15) is 4.79 Å². The Morgan fingerprint density at radius 1 is 1.20 bits per heavy atom. The molecule has 2 aliphatic heterocycles. The number of allylic oxidation sites excluding steroid dienone is 2. The van der Waals surface area contributed by atoms with Gasteiger partial charge in [-0.1, -0.05) is 43.5 Å². The van der Waals surface area contributed by atoms with Gasteiger partial charge < -0.3 is 9.88 Å². The summed E-state index contributed by atoms with van der Waals surface area (Å²) in [5.41, 5.74) is 4.82. The molecule has 1 fully saturated rings. The van der Waals surface area contributed by atoms with E-state index in [2.05, 4.69) is 55.3 Å². The molecule has 7 heteroatoms. The fourth-order valence-corrected chi connectivity index (χ4v) is 5.52. The molecule has 1 aromatic carbocycles. The zero-order valence-corrected chi connectivity index (χ0v) is 20.2. The molecule has 2 aromatic heterocycles. The molecule has 3 unspecified atom stereocenters. The molecule has 3 aromatic rings. The number of pyridine rings is 1. The van der Waals surface area contributed by atoms with Gasteiger partial charge in [-0.3, -0.25) is 14.7 Å². The Labute approximate surface area is 205 Å². The molecular formula is C28H30N6O. The first-order chi connectivity index (χ1) is 17.0. The lowest BCUT2D eigenvalue weighted by Crippen LogP contribution is -2.43. The molecule has 2 bridgehead atoms. The van der Waals surface area contributed by atoms with Gasteiger partial charge in [0.2, 0.25) is 0 Å². The average Bonchev–Trinajstić information content (AvgIpc) is 3.44. The summed E-state index contributed by atoms with van der Waals surface area (Å²) in [6, 6.07) is 10.3. The Hall–Kier alpha value is -3.84. The molecule has 1 N–H and O–H groups in total. The number of nitrogens with one attached hydrogen (secondary N) is 1. The van der Waals surface area contributed by atoms with Crippen LogP contribution in [-0.4, -0.2) is 43.6 Å². The number of aromatic nitrogens is 4. The molecule has 2 aliphatic rings. The molecule has 178 valence electrons. The lowest BCUT2D eigenvalue weighted by Gasteiger charge is -2.41. The zero-order valence-electron chi connectivity index (χ0n) is 20.2. The van der Waals surface area contributed by atoms with Gasteiger partial charge in [-0.05, 0) is 54.7 Å². The summed E-state index contributed by atoms with van der Waals surface area (Å²) in [5.74, 6) is 1.75. The van der Waals surface area contributed by atoms with Crippen LogP contribution < -0.4 is 5.32 Å². The summed E-state index contributed by atoms with van der Waals surface area (Å²) in [7, 11) is 1.65. The predicted molar refractivity (Wildman–Crippen MR) is 137 cm³/mol. The second-order valence-electron chi connectivity index (χ2n) is 9.15. The number of aryl methyl sites for hydroxylation is 1. The molecule has 1 amide bonds. The van der Waals surface area contributed by atoms with Crippen molar-refractivity contribution in [1.29, 1.82) is 0 Å². The normalized spacial score (nSPS) is 20.2. The van der Waals surface area contributed by atoms with Crippen molar-refractivity contribution in [3.8, 4) is 11.4 Å². The lowest BCUT2D eigenvalue weighted by atomic mass is 9.92. The van der Waals surface area contributed by atoms with Crippen molar-refractivity contribution in [3.63, 3.8) is 0 Å². The van der Waals surface area contributed by atoms with E-state index >= 15 is 0 Å². The molecule has 35 heavy (non-hydrogen) atoms. The predicted octanol–water partition coefficient (Wildman–Crippen LogP) is 4.57. The Morgan fingerprint density at radius 2 is 2.06 bits per heavy atom. The SMILES string of the molecule is C=C/C=C(\C=C)C(c1cccc(C(=O)NC)c1)N1C2CCC1c1nnc(-c3cncc(C)c3)n1C2. The fraction of sp³-hybridized carbons (Fsp3) is 0.286. The maximum absolute atomic E-state index is 12.4. The number of nitrogens with zero attached hydrogens (tertiary/aromatic N) is 5. The standard InChI is InChI=1S/C28H30N6O/c1-5-8-19(6-2)25(20-9-7-10-21(14-20)28(35)29-4)34-23-11-12-24(34)27-32-31-26(33(27)17-23)22-13-18(3)15-30-16-22/h5-10,13-16,23-25H,1-2,11-12,17H2,3-4H3,(H,29,35)/b19-8+. The van der Waals surface area contributed by atoms with Gasteiger partial charge >= 0.3 is 0 Å². The average molecular weight is 467 g/mol. The van der Waals surface area contributed by atoms with E-state index in [0.29, 0.717) is 11.6 Å². The number of hydrogen-bond donors (Lipinski definition) is 1. The van der Waals surface area contributed by atoms with E-state index in [4.69, 9.17) is 0 Å². The summed E-state index contributed by atoms with van der Waals surface area (Å²) in [4.78, 5) is 19.3. The number of amides is 1. The Kier molecular flexibility index (Phi) is 6.17. The first-order valence-electron chi connectivity index (χ1n) is 11.9. The van der Waals surface area contributed by atoms with E-state index < -0.39 is 0 Å². The minimum Gasteiger partial charge on any atom is -0.355 e. The van der Waals surface area contributed by atoms with E-state index in [1.54, 1.807) is 13.1 Å². The Balaban J connectivity index is 1.60. The molecule has 4 heterocycles. The van der Waals surface area contributed by atoms with Gasteiger partial charge in [0, 0.05) is 43.2 Å². The van der Waals surface area contributed by atoms with Crippen molar-refractivity contribution >= 4 is 5.91 Å². The molecule has 0 radical (unpaired) electrons. The third-order valence-corrected chi connectivity index (χ3v) is 7.01. The van der Waals surface area contributed by atoms with Crippen LogP contribution in [0.4, 0.5) is 0 Å². The summed E-state index contributed by atoms with van der Waals surface area (Å²) in [6.45, 7) is 10.9. The smallest absolute Gasteiger partial charge is 0.251 e. The van der Waals surface area contributed by atoms with Crippen LogP contribution in [0.2, 0.25) is 0 Å². The lowest BCUT2D eigenvalue weighted by molar-refractivity contribution is 0.0961. The van der Waals surface area contributed by atoms with Crippen molar-refractivity contribution in [2.45, 2.75) is 44.4 Å². The van der Waals surface area contributed by atoms with Crippen LogP contribution in [-0.2, 0) is 6.54 Å². The topological polar surface area (TPSA) is 75.9 Å². The van der Waals surface area contributed by atoms with Crippen molar-refractivity contribution in [3.05, 3.63) is 102 Å². The van der Waals surface area contributed by atoms with Crippen LogP contribution >= 0.6 is 0 Å². The number of carbonyl (C=O) groups excluding carboxylic acids is 1. The highest BCUT2D eigenvalue weighted by atomic mass is 16.1. The fourth-order valence-electron chi connectivity index (χ4n) is 5.52. The molecule has 1 saturated heterocycles. The minimum absolute atomic E-state index is 0.0813. The van der Waals surface area contributed by atoms with Crippen LogP contribution in [0.5, 0.6) is 0 Å². The molecule has 0 saturated carbocycles. The van der Waals surface area contributed by atoms with E-state index in [1.807, 2.05) is 49.7 Å². The molecule has 5 rings (SSSR count). The summed E-state index contributed by atoms with van der Waals surface area (Å²) >= 11 is 0. The Bertz CT molecular complexity index is 1320. The Morgan fingerprint density at radius 3 is 2.80 bits per heavy atom. The summed E-state index contributed by atoms with van der Waals surface area (Å²) in [6.07, 6.45) is 11.5. The first kappa shape index (κ1) is 22.9. The summed E-state index contributed by atoms with van der Waals surface area (Å²) < 4.78 is 2.26. The van der Waals surface area contributed by atoms with Crippen molar-refractivity contribution in [2.24, 2.45) is 0 Å². The van der Waals surface area contributed by atoms with Gasteiger partial charge in [0.15, 0.2) is 11.6 Å². The van der Waals surface area contributed by atoms with Crippen molar-refractivity contribution in [2.75, 3.05) is 7.05 Å². The maximum Gasteiger partial charge on any atom is 0.251 e. The minimum atomic E-state index is -0.101. The molecule has 7 nitrogen and oxygen atoms in total. The third-order valence-electron chi connectivity index (χ3n) is 7.01. The molecular weight excluding hydrogens is 436 g/mol. The number of rotatable bonds is 7. The zero-order chi connectivity index (χ0) is 24.5. The number of carbonyl (C=O) groups is 1. The number of fused-ring (bicyclic) bond motifs is 4. The van der Waals surface area contributed by atoms with Crippen LogP contribution in [0.25, 0.3) is 11.4 Å². The highest BCUT2D eigenvalue weighted by molar-refractivity contribution is 5.94. The van der Waals surface area contributed by atoms with Gasteiger partial charge in [-0.2, -0.15) is 0 Å². The van der Waals surface area contributed by atoms with Crippen LogP contribution in [0.3, 0.4) is 0 Å². The second kappa shape index (κ2) is 9.43. The van der Waals surface area contributed by atoms with Crippen molar-refractivity contribution < 1.29 is 4.79 Å². The van der Waals surface area contributed by atoms with E-state index in [-0.39, 0.29) is 18.0 Å². The van der Waals surface area contributed by atoms with Gasteiger partial charge in [-0.25, -0.2) is 0 Å². The highest BCUT2D eigenvalue weighted by Crippen LogP contribution is 2.48. The van der Waals surface area contributed by atoms with Gasteiger partial charge in [0.1, 0.15) is 0 Å². The molecule has 0 aliphatic carbocycles. The van der Waals surface area contributed by atoms with Crippen molar-refractivity contribution in [1.82, 2.24) is 30.0 Å². The van der Waals surface area contributed by atoms with Crippen LogP contribution in [0.1, 0.15) is 52.2 Å². The van der Waals surface area contributed by atoms with Crippen LogP contribution in [0.15, 0.2) is 79.7 Å². The van der Waals surface area contributed by atoms with Crippen LogP contribution in [0, 0.1) is 6.92 Å². The van der Waals surface area contributed by atoms with Gasteiger partial charge in [-0.15, -0.1) is 10.2 Å². The van der Waals surface area contributed by atoms with Gasteiger partial charge in [0.25, 0.3) is 5.91 Å². The summed E-state index contributed by atoms with van der Waals surface area (Å²) in [5, 5.41) is 12.0. The van der Waals surface area contributed by atoms with Gasteiger partial charge in [0.05, 0.1) is 12.1 Å². The second-order valence-corrected chi connectivity index (χ2v) is 9.15. The third kappa shape index (κ3) is 4.02. The quantitative estimate of drug-likeness (QED) is 0.517. The largest absolute Gasteiger partial charge is 0.355 e. The van der Waals surface area contributed by atoms with E-state index in [1.165, 1.54) is 0 Å². The maximum atomic E-state index is 12.4. The molecule has 3 atom stereocenters. The molecule has 0 spiro atoms. The number of hydrogen-bond acceptors (Lipinski definition) is 5. The highest BCUT2D eigenvalue weighted by Gasteiger charge is 2.46.